The van der Waals surface area contributed by atoms with Gasteiger partial charge in [-0.3, -0.25) is 4.57 Å². The Morgan fingerprint density at radius 1 is 1.42 bits per heavy atom. The maximum absolute atomic E-state index is 6.22. The maximum Gasteiger partial charge on any atom is 0.207 e. The minimum atomic E-state index is 0.143. The van der Waals surface area contributed by atoms with Crippen molar-refractivity contribution in [2.24, 2.45) is 0 Å². The van der Waals surface area contributed by atoms with Crippen LogP contribution >= 0.6 is 23.2 Å². The quantitative estimate of drug-likeness (QED) is 0.916. The fraction of sp³-hybridized carbons (Fsp3) is 0.308. The van der Waals surface area contributed by atoms with Crippen LogP contribution in [0.15, 0.2) is 30.6 Å². The lowest BCUT2D eigenvalue weighted by Gasteiger charge is -2.16. The van der Waals surface area contributed by atoms with Gasteiger partial charge in [0, 0.05) is 25.5 Å². The van der Waals surface area contributed by atoms with Crippen LogP contribution in [0, 0.1) is 0 Å². The Hall–Kier alpha value is -1.23. The zero-order valence-electron chi connectivity index (χ0n) is 10.7. The van der Waals surface area contributed by atoms with Gasteiger partial charge in [0.15, 0.2) is 0 Å². The highest BCUT2D eigenvalue weighted by Crippen LogP contribution is 2.30. The molecule has 0 bridgehead atoms. The van der Waals surface area contributed by atoms with Crippen LogP contribution in [0.1, 0.15) is 6.92 Å². The molecule has 0 amide bonds. The molecule has 0 fully saturated rings. The van der Waals surface area contributed by atoms with E-state index in [1.165, 1.54) is 0 Å². The van der Waals surface area contributed by atoms with Crippen molar-refractivity contribution in [3.63, 3.8) is 0 Å². The van der Waals surface area contributed by atoms with Gasteiger partial charge in [-0.2, -0.15) is 0 Å². The Morgan fingerprint density at radius 2 is 2.21 bits per heavy atom. The number of rotatable bonds is 5. The van der Waals surface area contributed by atoms with Crippen LogP contribution in [0.5, 0.6) is 0 Å². The summed E-state index contributed by atoms with van der Waals surface area (Å²) in [7, 11) is 1.67. The Labute approximate surface area is 122 Å². The number of nitrogens with one attached hydrogen (secondary N) is 1. The highest BCUT2D eigenvalue weighted by atomic mass is 35.5. The summed E-state index contributed by atoms with van der Waals surface area (Å²) in [6, 6.07) is 5.64. The van der Waals surface area contributed by atoms with Crippen molar-refractivity contribution in [1.29, 1.82) is 0 Å². The van der Waals surface area contributed by atoms with E-state index >= 15 is 0 Å². The zero-order chi connectivity index (χ0) is 13.8. The minimum absolute atomic E-state index is 0.143. The lowest BCUT2D eigenvalue weighted by Crippen LogP contribution is -2.22. The molecule has 19 heavy (non-hydrogen) atoms. The van der Waals surface area contributed by atoms with Crippen molar-refractivity contribution < 1.29 is 4.74 Å². The lowest BCUT2D eigenvalue weighted by molar-refractivity contribution is 0.190. The molecule has 1 atom stereocenters. The summed E-state index contributed by atoms with van der Waals surface area (Å²) in [5.74, 6) is 0.703. The molecule has 1 aromatic carbocycles. The SMILES string of the molecule is COCC(C)Nc1nccn1-c1cccc(Cl)c1Cl. The second-order valence-corrected chi connectivity index (χ2v) is 4.98. The first kappa shape index (κ1) is 14.2. The van der Waals surface area contributed by atoms with Gasteiger partial charge >= 0.3 is 0 Å². The average molecular weight is 300 g/mol. The molecular weight excluding hydrogens is 285 g/mol. The maximum atomic E-state index is 6.22. The molecule has 0 radical (unpaired) electrons. The number of methoxy groups -OCH3 is 1. The highest BCUT2D eigenvalue weighted by molar-refractivity contribution is 6.43. The molecular formula is C13H15Cl2N3O. The van der Waals surface area contributed by atoms with Crippen molar-refractivity contribution in [1.82, 2.24) is 9.55 Å². The lowest BCUT2D eigenvalue weighted by atomic mass is 10.3. The van der Waals surface area contributed by atoms with Crippen molar-refractivity contribution in [2.75, 3.05) is 19.0 Å². The summed E-state index contributed by atoms with van der Waals surface area (Å²) in [5.41, 5.74) is 0.791. The van der Waals surface area contributed by atoms with Crippen molar-refractivity contribution in [3.8, 4) is 5.69 Å². The van der Waals surface area contributed by atoms with Crippen LogP contribution in [0.2, 0.25) is 10.0 Å². The number of imidazole rings is 1. The van der Waals surface area contributed by atoms with Gasteiger partial charge in [0.05, 0.1) is 22.3 Å². The Morgan fingerprint density at radius 3 is 2.95 bits per heavy atom. The summed E-state index contributed by atoms with van der Waals surface area (Å²) in [6.07, 6.45) is 3.54. The van der Waals surface area contributed by atoms with E-state index in [2.05, 4.69) is 10.3 Å². The zero-order valence-corrected chi connectivity index (χ0v) is 12.2. The number of anilines is 1. The molecule has 1 aromatic heterocycles. The van der Waals surface area contributed by atoms with Crippen LogP contribution < -0.4 is 5.32 Å². The van der Waals surface area contributed by atoms with Crippen LogP contribution in [0.25, 0.3) is 5.69 Å². The van der Waals surface area contributed by atoms with Gasteiger partial charge < -0.3 is 10.1 Å². The molecule has 4 nitrogen and oxygen atoms in total. The summed E-state index contributed by atoms with van der Waals surface area (Å²) >= 11 is 12.3. The topological polar surface area (TPSA) is 39.1 Å². The first-order valence-corrected chi connectivity index (χ1v) is 6.62. The Balaban J connectivity index is 2.31. The molecule has 0 saturated carbocycles. The summed E-state index contributed by atoms with van der Waals surface area (Å²) in [5, 5.41) is 4.28. The summed E-state index contributed by atoms with van der Waals surface area (Å²) in [4.78, 5) is 4.28. The number of halogens is 2. The molecule has 0 aliphatic carbocycles. The molecule has 0 spiro atoms. The highest BCUT2D eigenvalue weighted by Gasteiger charge is 2.12. The molecule has 1 heterocycles. The smallest absolute Gasteiger partial charge is 0.207 e. The second-order valence-electron chi connectivity index (χ2n) is 4.19. The fourth-order valence-electron chi connectivity index (χ4n) is 1.80. The summed E-state index contributed by atoms with van der Waals surface area (Å²) < 4.78 is 6.96. The van der Waals surface area contributed by atoms with Crippen LogP contribution in [0.3, 0.4) is 0 Å². The number of hydrogen-bond acceptors (Lipinski definition) is 3. The summed E-state index contributed by atoms with van der Waals surface area (Å²) in [6.45, 7) is 2.61. The molecule has 102 valence electrons. The normalized spacial score (nSPS) is 12.4. The van der Waals surface area contributed by atoms with Crippen LogP contribution in [0.4, 0.5) is 5.95 Å². The van der Waals surface area contributed by atoms with Gasteiger partial charge in [0.1, 0.15) is 0 Å². The number of nitrogens with zero attached hydrogens (tertiary/aromatic N) is 2. The van der Waals surface area contributed by atoms with Crippen molar-refractivity contribution >= 4 is 29.2 Å². The average Bonchev–Trinajstić information content (AvgIpc) is 2.81. The van der Waals surface area contributed by atoms with Gasteiger partial charge in [-0.15, -0.1) is 0 Å². The first-order chi connectivity index (χ1) is 9.13. The van der Waals surface area contributed by atoms with Gasteiger partial charge in [0.25, 0.3) is 0 Å². The largest absolute Gasteiger partial charge is 0.383 e. The van der Waals surface area contributed by atoms with Crippen LogP contribution in [-0.2, 0) is 4.74 Å². The van der Waals surface area contributed by atoms with E-state index in [0.29, 0.717) is 22.6 Å². The minimum Gasteiger partial charge on any atom is -0.383 e. The molecule has 0 aliphatic heterocycles. The third-order valence-electron chi connectivity index (χ3n) is 2.62. The third-order valence-corrected chi connectivity index (χ3v) is 3.43. The van der Waals surface area contributed by atoms with Crippen molar-refractivity contribution in [3.05, 3.63) is 40.6 Å². The molecule has 0 saturated heterocycles. The number of ether oxygens (including phenoxy) is 1. The van der Waals surface area contributed by atoms with Gasteiger partial charge in [-0.1, -0.05) is 29.3 Å². The Kier molecular flexibility index (Phi) is 4.69. The monoisotopic (exact) mass is 299 g/mol. The number of hydrogen-bond donors (Lipinski definition) is 1. The van der Waals surface area contributed by atoms with E-state index < -0.39 is 0 Å². The number of aromatic nitrogens is 2. The van der Waals surface area contributed by atoms with E-state index in [1.54, 1.807) is 19.4 Å². The second kappa shape index (κ2) is 6.28. The van der Waals surface area contributed by atoms with Crippen LogP contribution in [-0.4, -0.2) is 29.3 Å². The van der Waals surface area contributed by atoms with Gasteiger partial charge in [-0.25, -0.2) is 4.98 Å². The number of benzene rings is 1. The fourth-order valence-corrected chi connectivity index (χ4v) is 2.18. The molecule has 6 heteroatoms. The van der Waals surface area contributed by atoms with E-state index in [0.717, 1.165) is 5.69 Å². The van der Waals surface area contributed by atoms with E-state index in [9.17, 15) is 0 Å². The first-order valence-electron chi connectivity index (χ1n) is 5.86. The molecule has 1 N–H and O–H groups in total. The molecule has 1 unspecified atom stereocenters. The predicted molar refractivity (Wildman–Crippen MR) is 78.5 cm³/mol. The third kappa shape index (κ3) is 3.21. The molecule has 0 aliphatic rings. The van der Waals surface area contributed by atoms with Crippen molar-refractivity contribution in [2.45, 2.75) is 13.0 Å². The van der Waals surface area contributed by atoms with Gasteiger partial charge in [-0.05, 0) is 19.1 Å². The van der Waals surface area contributed by atoms with E-state index in [-0.39, 0.29) is 6.04 Å². The molecule has 2 aromatic rings. The molecule has 2 rings (SSSR count). The standard InChI is InChI=1S/C13H15Cl2N3O/c1-9(8-19-2)17-13-16-6-7-18(13)11-5-3-4-10(14)12(11)15/h3-7,9H,8H2,1-2H3,(H,16,17). The van der Waals surface area contributed by atoms with E-state index in [4.69, 9.17) is 27.9 Å². The Bertz CT molecular complexity index is 557. The van der Waals surface area contributed by atoms with Gasteiger partial charge in [0.2, 0.25) is 5.95 Å². The van der Waals surface area contributed by atoms with E-state index in [1.807, 2.05) is 29.8 Å². The predicted octanol–water partition coefficient (Wildman–Crippen LogP) is 3.63.